The highest BCUT2D eigenvalue weighted by atomic mass is 19.4. The standard InChI is InChI=1S/C21H17F3N2O4/c1-13(19(27)14-7-4-3-5-8-14)30-20(28)18-17(29-2)12-26(25-18)16-10-6-9-15(11-16)21(22,23)24/h3-13H,1-2H3. The Labute approximate surface area is 169 Å². The molecule has 6 nitrogen and oxygen atoms in total. The molecule has 0 spiro atoms. The number of alkyl halides is 3. The number of nitrogens with zero attached hydrogens (tertiary/aromatic N) is 2. The summed E-state index contributed by atoms with van der Waals surface area (Å²) >= 11 is 0. The summed E-state index contributed by atoms with van der Waals surface area (Å²) in [5, 5.41) is 4.00. The zero-order valence-electron chi connectivity index (χ0n) is 16.0. The average molecular weight is 418 g/mol. The summed E-state index contributed by atoms with van der Waals surface area (Å²) in [4.78, 5) is 24.9. The van der Waals surface area contributed by atoms with Gasteiger partial charge in [0.15, 0.2) is 11.9 Å². The van der Waals surface area contributed by atoms with Crippen molar-refractivity contribution in [2.24, 2.45) is 0 Å². The highest BCUT2D eigenvalue weighted by molar-refractivity contribution is 6.01. The Morgan fingerprint density at radius 3 is 2.40 bits per heavy atom. The molecule has 1 aromatic heterocycles. The van der Waals surface area contributed by atoms with Crippen LogP contribution in [0.15, 0.2) is 60.8 Å². The summed E-state index contributed by atoms with van der Waals surface area (Å²) in [6, 6.07) is 12.7. The van der Waals surface area contributed by atoms with Crippen molar-refractivity contribution >= 4 is 11.8 Å². The molecule has 30 heavy (non-hydrogen) atoms. The Hall–Kier alpha value is -3.62. The minimum absolute atomic E-state index is 0.00299. The fourth-order valence-electron chi connectivity index (χ4n) is 2.71. The van der Waals surface area contributed by atoms with Gasteiger partial charge in [-0.05, 0) is 25.1 Å². The molecule has 0 saturated carbocycles. The van der Waals surface area contributed by atoms with Gasteiger partial charge in [-0.25, -0.2) is 9.48 Å². The van der Waals surface area contributed by atoms with Gasteiger partial charge in [0, 0.05) is 5.56 Å². The average Bonchev–Trinajstić information content (AvgIpc) is 3.18. The molecule has 3 aromatic rings. The van der Waals surface area contributed by atoms with Crippen LogP contribution in [0, 0.1) is 0 Å². The second kappa shape index (κ2) is 8.40. The third kappa shape index (κ3) is 4.51. The first-order chi connectivity index (χ1) is 14.2. The van der Waals surface area contributed by atoms with E-state index in [2.05, 4.69) is 5.10 Å². The first-order valence-electron chi connectivity index (χ1n) is 8.82. The van der Waals surface area contributed by atoms with Crippen molar-refractivity contribution in [1.29, 1.82) is 0 Å². The summed E-state index contributed by atoms with van der Waals surface area (Å²) in [7, 11) is 1.28. The van der Waals surface area contributed by atoms with E-state index < -0.39 is 29.6 Å². The van der Waals surface area contributed by atoms with Crippen LogP contribution in [0.4, 0.5) is 13.2 Å². The second-order valence-electron chi connectivity index (χ2n) is 6.32. The lowest BCUT2D eigenvalue weighted by Gasteiger charge is -2.11. The van der Waals surface area contributed by atoms with E-state index in [4.69, 9.17) is 9.47 Å². The maximum absolute atomic E-state index is 13.0. The first-order valence-corrected chi connectivity index (χ1v) is 8.82. The van der Waals surface area contributed by atoms with Gasteiger partial charge in [0.1, 0.15) is 0 Å². The zero-order chi connectivity index (χ0) is 21.9. The lowest BCUT2D eigenvalue weighted by Crippen LogP contribution is -2.25. The van der Waals surface area contributed by atoms with Crippen LogP contribution < -0.4 is 4.74 Å². The monoisotopic (exact) mass is 418 g/mol. The molecule has 0 aliphatic rings. The molecule has 0 radical (unpaired) electrons. The number of ether oxygens (including phenoxy) is 2. The number of carbonyl (C=O) groups is 2. The number of hydrogen-bond acceptors (Lipinski definition) is 5. The van der Waals surface area contributed by atoms with Gasteiger partial charge in [0.25, 0.3) is 0 Å². The summed E-state index contributed by atoms with van der Waals surface area (Å²) < 4.78 is 50.3. The fraction of sp³-hybridized carbons (Fsp3) is 0.190. The van der Waals surface area contributed by atoms with Crippen LogP contribution in [0.25, 0.3) is 5.69 Å². The van der Waals surface area contributed by atoms with Crippen molar-refractivity contribution in [3.05, 3.63) is 77.6 Å². The van der Waals surface area contributed by atoms with Crippen LogP contribution >= 0.6 is 0 Å². The molecule has 0 fully saturated rings. The number of aromatic nitrogens is 2. The van der Waals surface area contributed by atoms with Crippen LogP contribution in [0.2, 0.25) is 0 Å². The normalized spacial score (nSPS) is 12.3. The molecule has 156 valence electrons. The number of benzene rings is 2. The van der Waals surface area contributed by atoms with E-state index in [-0.39, 0.29) is 17.1 Å². The molecule has 2 aromatic carbocycles. The van der Waals surface area contributed by atoms with Gasteiger partial charge in [0.2, 0.25) is 11.5 Å². The van der Waals surface area contributed by atoms with Crippen molar-refractivity contribution in [2.45, 2.75) is 19.2 Å². The highest BCUT2D eigenvalue weighted by Crippen LogP contribution is 2.31. The molecule has 1 heterocycles. The molecule has 0 bridgehead atoms. The Balaban J connectivity index is 1.84. The molecule has 1 atom stereocenters. The lowest BCUT2D eigenvalue weighted by molar-refractivity contribution is -0.137. The van der Waals surface area contributed by atoms with Crippen molar-refractivity contribution in [2.75, 3.05) is 7.11 Å². The smallest absolute Gasteiger partial charge is 0.416 e. The predicted octanol–water partition coefficient (Wildman–Crippen LogP) is 4.33. The van der Waals surface area contributed by atoms with E-state index in [0.717, 1.165) is 16.8 Å². The van der Waals surface area contributed by atoms with Gasteiger partial charge in [-0.2, -0.15) is 18.3 Å². The Kier molecular flexibility index (Phi) is 5.91. The number of esters is 1. The highest BCUT2D eigenvalue weighted by Gasteiger charge is 2.31. The van der Waals surface area contributed by atoms with Crippen molar-refractivity contribution in [3.8, 4) is 11.4 Å². The van der Waals surface area contributed by atoms with E-state index in [0.29, 0.717) is 5.56 Å². The largest absolute Gasteiger partial charge is 0.493 e. The van der Waals surface area contributed by atoms with Crippen molar-refractivity contribution < 1.29 is 32.2 Å². The number of methoxy groups -OCH3 is 1. The van der Waals surface area contributed by atoms with Gasteiger partial charge < -0.3 is 9.47 Å². The maximum Gasteiger partial charge on any atom is 0.416 e. The molecule has 0 saturated heterocycles. The third-order valence-corrected chi connectivity index (χ3v) is 4.24. The molecular weight excluding hydrogens is 401 g/mol. The molecule has 3 rings (SSSR count). The van der Waals surface area contributed by atoms with Gasteiger partial charge >= 0.3 is 12.1 Å². The van der Waals surface area contributed by atoms with Crippen LogP contribution in [-0.4, -0.2) is 34.7 Å². The predicted molar refractivity (Wildman–Crippen MR) is 101 cm³/mol. The van der Waals surface area contributed by atoms with Gasteiger partial charge in [-0.3, -0.25) is 4.79 Å². The van der Waals surface area contributed by atoms with E-state index in [1.54, 1.807) is 30.3 Å². The number of halogens is 3. The van der Waals surface area contributed by atoms with Crippen LogP contribution in [0.5, 0.6) is 5.75 Å². The number of carbonyl (C=O) groups excluding carboxylic acids is 2. The summed E-state index contributed by atoms with van der Waals surface area (Å²) in [5.74, 6) is -1.34. The van der Waals surface area contributed by atoms with Crippen molar-refractivity contribution in [3.63, 3.8) is 0 Å². The number of hydrogen-bond donors (Lipinski definition) is 0. The summed E-state index contributed by atoms with van der Waals surface area (Å²) in [5.41, 5.74) is -0.668. The maximum atomic E-state index is 13.0. The SMILES string of the molecule is COc1cn(-c2cccc(C(F)(F)F)c2)nc1C(=O)OC(C)C(=O)c1ccccc1. The summed E-state index contributed by atoms with van der Waals surface area (Å²) in [6.45, 7) is 1.42. The first kappa shape index (κ1) is 21.1. The molecule has 0 amide bonds. The fourth-order valence-corrected chi connectivity index (χ4v) is 2.71. The molecular formula is C21H17F3N2O4. The lowest BCUT2D eigenvalue weighted by atomic mass is 10.1. The second-order valence-corrected chi connectivity index (χ2v) is 6.32. The quantitative estimate of drug-likeness (QED) is 0.440. The molecule has 9 heteroatoms. The van der Waals surface area contributed by atoms with Gasteiger partial charge in [-0.15, -0.1) is 0 Å². The Morgan fingerprint density at radius 1 is 1.07 bits per heavy atom. The van der Waals surface area contributed by atoms with Crippen LogP contribution in [-0.2, 0) is 10.9 Å². The minimum atomic E-state index is -4.53. The van der Waals surface area contributed by atoms with Crippen LogP contribution in [0.1, 0.15) is 33.3 Å². The van der Waals surface area contributed by atoms with Crippen molar-refractivity contribution in [1.82, 2.24) is 9.78 Å². The van der Waals surface area contributed by atoms with E-state index >= 15 is 0 Å². The molecule has 0 aliphatic carbocycles. The molecule has 0 N–H and O–H groups in total. The van der Waals surface area contributed by atoms with Crippen LogP contribution in [0.3, 0.4) is 0 Å². The molecule has 0 aliphatic heterocycles. The summed E-state index contributed by atoms with van der Waals surface area (Å²) in [6.07, 6.45) is -4.36. The zero-order valence-corrected chi connectivity index (χ0v) is 16.0. The topological polar surface area (TPSA) is 70.4 Å². The van der Waals surface area contributed by atoms with Gasteiger partial charge in [0.05, 0.1) is 24.6 Å². The number of ketones is 1. The number of rotatable bonds is 6. The van der Waals surface area contributed by atoms with Gasteiger partial charge in [-0.1, -0.05) is 36.4 Å². The van der Waals surface area contributed by atoms with E-state index in [1.807, 2.05) is 0 Å². The molecule has 1 unspecified atom stereocenters. The minimum Gasteiger partial charge on any atom is -0.493 e. The third-order valence-electron chi connectivity index (χ3n) is 4.24. The van der Waals surface area contributed by atoms with E-state index in [9.17, 15) is 22.8 Å². The Morgan fingerprint density at radius 2 is 1.77 bits per heavy atom. The van der Waals surface area contributed by atoms with E-state index in [1.165, 1.54) is 32.4 Å². The Bertz CT molecular complexity index is 1060. The number of Topliss-reactive ketones (excluding diaryl/α,β-unsaturated/α-hetero) is 1.